The quantitative estimate of drug-likeness (QED) is 0.124. The van der Waals surface area contributed by atoms with Gasteiger partial charge in [0.05, 0.1) is 18.5 Å². The van der Waals surface area contributed by atoms with E-state index in [0.717, 1.165) is 33.3 Å². The third kappa shape index (κ3) is 6.46. The van der Waals surface area contributed by atoms with E-state index >= 15 is 0 Å². The zero-order valence-electron chi connectivity index (χ0n) is 25.8. The minimum atomic E-state index is -0.345. The van der Waals surface area contributed by atoms with E-state index in [1.54, 1.807) is 37.5 Å². The molecule has 4 aromatic carbocycles. The summed E-state index contributed by atoms with van der Waals surface area (Å²) < 4.78 is 5.48. The predicted octanol–water partition coefficient (Wildman–Crippen LogP) is 9.49. The lowest BCUT2D eigenvalue weighted by atomic mass is 9.99. The van der Waals surface area contributed by atoms with Crippen molar-refractivity contribution in [2.75, 3.05) is 18.2 Å². The van der Waals surface area contributed by atoms with Gasteiger partial charge in [-0.1, -0.05) is 86.7 Å². The van der Waals surface area contributed by atoms with Crippen LogP contribution < -0.4 is 15.8 Å². The van der Waals surface area contributed by atoms with E-state index in [4.69, 9.17) is 15.5 Å². The molecule has 0 saturated carbocycles. The Bertz CT molecular complexity index is 2060. The highest BCUT2D eigenvalue weighted by atomic mass is 32.1. The number of carbonyl (C=O) groups is 2. The lowest BCUT2D eigenvalue weighted by Crippen LogP contribution is -2.12. The number of aromatic nitrogens is 1. The highest BCUT2D eigenvalue weighted by molar-refractivity contribution is 7.21. The highest BCUT2D eigenvalue weighted by Gasteiger charge is 2.22. The lowest BCUT2D eigenvalue weighted by Gasteiger charge is -2.10. The largest absolute Gasteiger partial charge is 0.497 e. The number of fused-ring (bicyclic) bond motifs is 1. The number of nitrogen functional groups attached to an aromatic ring is 1. The van der Waals surface area contributed by atoms with Crippen molar-refractivity contribution in [3.63, 3.8) is 0 Å². The van der Waals surface area contributed by atoms with Gasteiger partial charge in [0, 0.05) is 22.2 Å². The fourth-order valence-corrected chi connectivity index (χ4v) is 6.25. The number of methoxy groups -OCH3 is 1. The Balaban J connectivity index is 1.26. The van der Waals surface area contributed by atoms with Crippen molar-refractivity contribution >= 4 is 50.7 Å². The Hall–Kier alpha value is -5.53. The van der Waals surface area contributed by atoms with Gasteiger partial charge in [0.1, 0.15) is 15.5 Å². The lowest BCUT2D eigenvalue weighted by molar-refractivity contribution is 0.102. The van der Waals surface area contributed by atoms with Gasteiger partial charge in [0.25, 0.3) is 5.91 Å². The number of thiophene rings is 1. The van der Waals surface area contributed by atoms with E-state index in [2.05, 4.69) is 31.3 Å². The van der Waals surface area contributed by atoms with Gasteiger partial charge >= 0.3 is 0 Å². The zero-order chi connectivity index (χ0) is 32.2. The third-order valence-corrected chi connectivity index (χ3v) is 8.91. The minimum Gasteiger partial charge on any atom is -0.497 e. The van der Waals surface area contributed by atoms with Crippen molar-refractivity contribution in [3.05, 3.63) is 137 Å². The van der Waals surface area contributed by atoms with Crippen LogP contribution in [0.1, 0.15) is 50.9 Å². The second-order valence-electron chi connectivity index (χ2n) is 11.2. The summed E-state index contributed by atoms with van der Waals surface area (Å²) >= 11 is 1.25. The molecule has 7 heteroatoms. The molecule has 0 saturated heterocycles. The smallest absolute Gasteiger partial charge is 0.267 e. The minimum absolute atomic E-state index is 0.120. The zero-order valence-corrected chi connectivity index (χ0v) is 26.6. The number of carbonyl (C=O) groups excluding carboxylic acids is 2. The van der Waals surface area contributed by atoms with E-state index in [0.29, 0.717) is 38.3 Å². The maximum atomic E-state index is 13.5. The van der Waals surface area contributed by atoms with E-state index < -0.39 is 0 Å². The van der Waals surface area contributed by atoms with Crippen molar-refractivity contribution in [1.82, 2.24) is 4.98 Å². The van der Waals surface area contributed by atoms with Gasteiger partial charge in [-0.15, -0.1) is 11.3 Å². The number of allylic oxidation sites excluding steroid dienone is 1. The Morgan fingerprint density at radius 3 is 2.28 bits per heavy atom. The first-order valence-electron chi connectivity index (χ1n) is 15.0. The molecule has 3 N–H and O–H groups in total. The van der Waals surface area contributed by atoms with Crippen LogP contribution in [0.15, 0.2) is 115 Å². The third-order valence-electron chi connectivity index (χ3n) is 7.81. The Labute approximate surface area is 272 Å². The number of amides is 1. The first-order chi connectivity index (χ1) is 22.3. The Morgan fingerprint density at radius 2 is 1.59 bits per heavy atom. The molecule has 0 unspecified atom stereocenters. The summed E-state index contributed by atoms with van der Waals surface area (Å²) in [5, 5.41) is 3.65. The number of anilines is 2. The highest BCUT2D eigenvalue weighted by Crippen LogP contribution is 2.42. The average molecular weight is 624 g/mol. The number of hydrogen-bond donors (Lipinski definition) is 2. The molecule has 0 bridgehead atoms. The summed E-state index contributed by atoms with van der Waals surface area (Å²) in [6.07, 6.45) is 3.37. The molecule has 0 aliphatic rings. The van der Waals surface area contributed by atoms with Gasteiger partial charge in [0.2, 0.25) is 0 Å². The first kappa shape index (κ1) is 30.5. The molecule has 0 radical (unpaired) electrons. The van der Waals surface area contributed by atoms with Crippen LogP contribution in [0.5, 0.6) is 5.75 Å². The summed E-state index contributed by atoms with van der Waals surface area (Å²) in [4.78, 5) is 32.3. The predicted molar refractivity (Wildman–Crippen MR) is 190 cm³/mol. The van der Waals surface area contributed by atoms with Gasteiger partial charge < -0.3 is 15.8 Å². The Kier molecular flexibility index (Phi) is 8.76. The molecule has 2 aromatic heterocycles. The second-order valence-corrected chi connectivity index (χ2v) is 12.2. The number of nitrogens with two attached hydrogens (primary N) is 1. The first-order valence-corrected chi connectivity index (χ1v) is 15.8. The van der Waals surface area contributed by atoms with Crippen LogP contribution in [0, 0.1) is 0 Å². The fraction of sp³-hybridized carbons (Fsp3) is 0.103. The number of nitrogens with zero attached hydrogens (tertiary/aromatic N) is 1. The number of rotatable bonds is 9. The van der Waals surface area contributed by atoms with Crippen molar-refractivity contribution in [3.8, 4) is 28.1 Å². The molecule has 228 valence electrons. The molecule has 1 amide bonds. The van der Waals surface area contributed by atoms with Crippen molar-refractivity contribution < 1.29 is 14.3 Å². The van der Waals surface area contributed by atoms with Crippen LogP contribution in [0.4, 0.5) is 11.4 Å². The summed E-state index contributed by atoms with van der Waals surface area (Å²) in [6.45, 7) is 4.30. The molecule has 6 rings (SSSR count). The summed E-state index contributed by atoms with van der Waals surface area (Å²) in [6, 6.07) is 34.7. The van der Waals surface area contributed by atoms with Crippen LogP contribution in [0.25, 0.3) is 38.7 Å². The fourth-order valence-electron chi connectivity index (χ4n) is 5.23. The van der Waals surface area contributed by atoms with E-state index in [1.165, 1.54) is 16.9 Å². The summed E-state index contributed by atoms with van der Waals surface area (Å²) in [5.74, 6) is 0.704. The number of pyridine rings is 1. The Morgan fingerprint density at radius 1 is 0.870 bits per heavy atom. The SMILES string of the molecule is COc1cccc(-c2cc(-c3ccccc3)nc3sc(C(=O)Nc4ccc(C(=O)C=Cc5ccc(C(C)C)cc5)cc4)c(N)c23)c1. The molecule has 6 aromatic rings. The monoisotopic (exact) mass is 623 g/mol. The normalized spacial score (nSPS) is 11.3. The molecule has 46 heavy (non-hydrogen) atoms. The standard InChI is InChI=1S/C39H33N3O3S/c1-24(2)26-15-12-25(13-16-26)14-21-34(43)28-17-19-30(20-18-28)41-38(44)37-36(40)35-32(29-10-7-11-31(22-29)45-3)23-33(42-39(35)46-37)27-8-5-4-6-9-27/h4-24H,40H2,1-3H3,(H,41,44). The van der Waals surface area contributed by atoms with Crippen molar-refractivity contribution in [2.45, 2.75) is 19.8 Å². The van der Waals surface area contributed by atoms with Crippen LogP contribution in [0.2, 0.25) is 0 Å². The van der Waals surface area contributed by atoms with Crippen molar-refractivity contribution in [2.24, 2.45) is 0 Å². The van der Waals surface area contributed by atoms with Gasteiger partial charge in [0.15, 0.2) is 5.78 Å². The van der Waals surface area contributed by atoms with Gasteiger partial charge in [-0.3, -0.25) is 9.59 Å². The van der Waals surface area contributed by atoms with E-state index in [1.807, 2.05) is 78.9 Å². The summed E-state index contributed by atoms with van der Waals surface area (Å²) in [5.41, 5.74) is 13.8. The van der Waals surface area contributed by atoms with Gasteiger partial charge in [-0.05, 0) is 76.7 Å². The van der Waals surface area contributed by atoms with Gasteiger partial charge in [-0.2, -0.15) is 0 Å². The molecular weight excluding hydrogens is 591 g/mol. The maximum Gasteiger partial charge on any atom is 0.267 e. The van der Waals surface area contributed by atoms with E-state index in [9.17, 15) is 9.59 Å². The maximum absolute atomic E-state index is 13.5. The van der Waals surface area contributed by atoms with Crippen LogP contribution in [-0.2, 0) is 0 Å². The van der Waals surface area contributed by atoms with Crippen molar-refractivity contribution in [1.29, 1.82) is 0 Å². The molecular formula is C39H33N3O3S. The molecule has 0 aliphatic carbocycles. The van der Waals surface area contributed by atoms with E-state index in [-0.39, 0.29) is 11.7 Å². The number of hydrogen-bond acceptors (Lipinski definition) is 6. The second kappa shape index (κ2) is 13.2. The van der Waals surface area contributed by atoms with Crippen LogP contribution >= 0.6 is 11.3 Å². The molecule has 6 nitrogen and oxygen atoms in total. The van der Waals surface area contributed by atoms with Crippen LogP contribution in [-0.4, -0.2) is 23.8 Å². The molecule has 0 atom stereocenters. The molecule has 0 aliphatic heterocycles. The number of benzene rings is 4. The van der Waals surface area contributed by atoms with Crippen LogP contribution in [0.3, 0.4) is 0 Å². The molecule has 2 heterocycles. The number of ketones is 1. The molecule has 0 fully saturated rings. The average Bonchev–Trinajstić information content (AvgIpc) is 3.43. The molecule has 0 spiro atoms. The summed E-state index contributed by atoms with van der Waals surface area (Å²) in [7, 11) is 1.63. The number of nitrogens with one attached hydrogen (secondary N) is 1. The topological polar surface area (TPSA) is 94.3 Å². The number of ether oxygens (including phenoxy) is 1. The van der Waals surface area contributed by atoms with Gasteiger partial charge in [-0.25, -0.2) is 4.98 Å².